The summed E-state index contributed by atoms with van der Waals surface area (Å²) in [5.74, 6) is 0.648. The highest BCUT2D eigenvalue weighted by molar-refractivity contribution is 5.93. The van der Waals surface area contributed by atoms with Crippen molar-refractivity contribution in [3.8, 4) is 0 Å². The molecule has 0 bridgehead atoms. The number of aromatic nitrogens is 2. The number of hydrogen-bond acceptors (Lipinski definition) is 4. The van der Waals surface area contributed by atoms with Gasteiger partial charge in [-0.2, -0.15) is 0 Å². The summed E-state index contributed by atoms with van der Waals surface area (Å²) in [5.41, 5.74) is 3.78. The highest BCUT2D eigenvalue weighted by Gasteiger charge is 2.19. The van der Waals surface area contributed by atoms with Gasteiger partial charge in [-0.1, -0.05) is 18.2 Å². The maximum Gasteiger partial charge on any atom is 0.272 e. The average molecular weight is 310 g/mol. The number of carbonyl (C=O) groups excluding carboxylic acids is 1. The van der Waals surface area contributed by atoms with E-state index < -0.39 is 0 Å². The highest BCUT2D eigenvalue weighted by atomic mass is 16.2. The van der Waals surface area contributed by atoms with E-state index >= 15 is 0 Å². The summed E-state index contributed by atoms with van der Waals surface area (Å²) in [6.07, 6.45) is 4.80. The summed E-state index contributed by atoms with van der Waals surface area (Å²) in [6.45, 7) is 5.75. The largest absolute Gasteiger partial charge is 0.340 e. The number of likely N-dealkylation sites (tertiary alicyclic amines) is 1. The number of benzene rings is 1. The Kier molecular flexibility index (Phi) is 4.55. The molecule has 1 fully saturated rings. The predicted molar refractivity (Wildman–Crippen MR) is 91.0 cm³/mol. The summed E-state index contributed by atoms with van der Waals surface area (Å²) < 4.78 is 0. The molecule has 1 aliphatic rings. The van der Waals surface area contributed by atoms with Gasteiger partial charge in [0, 0.05) is 24.8 Å². The SMILES string of the molecule is Cc1cccc(C)c1Nc1cc(C(=O)N2CCCCC2)ncn1. The molecule has 2 heterocycles. The summed E-state index contributed by atoms with van der Waals surface area (Å²) >= 11 is 0. The Morgan fingerprint density at radius 3 is 2.48 bits per heavy atom. The molecule has 1 amide bonds. The Bertz CT molecular complexity index is 688. The van der Waals surface area contributed by atoms with Crippen molar-refractivity contribution in [3.63, 3.8) is 0 Å². The van der Waals surface area contributed by atoms with E-state index in [0.29, 0.717) is 11.5 Å². The highest BCUT2D eigenvalue weighted by Crippen LogP contribution is 2.23. The summed E-state index contributed by atoms with van der Waals surface area (Å²) in [6, 6.07) is 7.87. The van der Waals surface area contributed by atoms with Gasteiger partial charge in [-0.15, -0.1) is 0 Å². The van der Waals surface area contributed by atoms with E-state index in [9.17, 15) is 4.79 Å². The zero-order chi connectivity index (χ0) is 16.2. The van der Waals surface area contributed by atoms with Crippen LogP contribution in [0.4, 0.5) is 11.5 Å². The van der Waals surface area contributed by atoms with Crippen LogP contribution in [-0.4, -0.2) is 33.9 Å². The molecule has 0 radical (unpaired) electrons. The van der Waals surface area contributed by atoms with Crippen LogP contribution in [0.2, 0.25) is 0 Å². The number of anilines is 2. The molecule has 1 aliphatic heterocycles. The van der Waals surface area contributed by atoms with Crippen molar-refractivity contribution in [2.45, 2.75) is 33.1 Å². The minimum Gasteiger partial charge on any atom is -0.340 e. The maximum absolute atomic E-state index is 12.5. The van der Waals surface area contributed by atoms with E-state index in [1.807, 2.05) is 11.0 Å². The van der Waals surface area contributed by atoms with Crippen LogP contribution >= 0.6 is 0 Å². The van der Waals surface area contributed by atoms with Gasteiger partial charge in [-0.3, -0.25) is 4.79 Å². The number of para-hydroxylation sites is 1. The number of nitrogens with zero attached hydrogens (tertiary/aromatic N) is 3. The van der Waals surface area contributed by atoms with E-state index in [4.69, 9.17) is 0 Å². The van der Waals surface area contributed by atoms with Crippen LogP contribution in [0.5, 0.6) is 0 Å². The molecule has 0 aliphatic carbocycles. The fourth-order valence-electron chi connectivity index (χ4n) is 2.94. The van der Waals surface area contributed by atoms with Gasteiger partial charge in [-0.25, -0.2) is 9.97 Å². The van der Waals surface area contributed by atoms with Crippen LogP contribution in [-0.2, 0) is 0 Å². The lowest BCUT2D eigenvalue weighted by molar-refractivity contribution is 0.0718. The van der Waals surface area contributed by atoms with Gasteiger partial charge in [-0.05, 0) is 44.2 Å². The second-order valence-corrected chi connectivity index (χ2v) is 6.03. The van der Waals surface area contributed by atoms with Crippen molar-refractivity contribution in [2.75, 3.05) is 18.4 Å². The Hall–Kier alpha value is -2.43. The average Bonchev–Trinajstić information content (AvgIpc) is 2.59. The van der Waals surface area contributed by atoms with Crippen LogP contribution in [0, 0.1) is 13.8 Å². The van der Waals surface area contributed by atoms with E-state index in [1.165, 1.54) is 12.7 Å². The standard InChI is InChI=1S/C18H22N4O/c1-13-7-6-8-14(2)17(13)21-16-11-15(19-12-20-16)18(23)22-9-4-3-5-10-22/h6-8,11-12H,3-5,9-10H2,1-2H3,(H,19,20,21). The summed E-state index contributed by atoms with van der Waals surface area (Å²) in [7, 11) is 0. The zero-order valence-corrected chi connectivity index (χ0v) is 13.7. The number of aryl methyl sites for hydroxylation is 2. The monoisotopic (exact) mass is 310 g/mol. The van der Waals surface area contributed by atoms with Crippen LogP contribution in [0.25, 0.3) is 0 Å². The Morgan fingerprint density at radius 2 is 1.78 bits per heavy atom. The van der Waals surface area contributed by atoms with Crippen LogP contribution in [0.15, 0.2) is 30.6 Å². The van der Waals surface area contributed by atoms with Gasteiger partial charge < -0.3 is 10.2 Å². The minimum absolute atomic E-state index is 0.00310. The van der Waals surface area contributed by atoms with Crippen molar-refractivity contribution in [1.82, 2.24) is 14.9 Å². The maximum atomic E-state index is 12.5. The first-order valence-corrected chi connectivity index (χ1v) is 8.10. The lowest BCUT2D eigenvalue weighted by Crippen LogP contribution is -2.36. The predicted octanol–water partition coefficient (Wildman–Crippen LogP) is 3.46. The molecule has 1 aromatic heterocycles. The van der Waals surface area contributed by atoms with Crippen molar-refractivity contribution < 1.29 is 4.79 Å². The third-order valence-electron chi connectivity index (χ3n) is 4.26. The first-order valence-electron chi connectivity index (χ1n) is 8.10. The van der Waals surface area contributed by atoms with E-state index in [1.54, 1.807) is 6.07 Å². The van der Waals surface area contributed by atoms with E-state index in [-0.39, 0.29) is 5.91 Å². The smallest absolute Gasteiger partial charge is 0.272 e. The Morgan fingerprint density at radius 1 is 1.09 bits per heavy atom. The molecule has 0 spiro atoms. The van der Waals surface area contributed by atoms with E-state index in [0.717, 1.165) is 42.7 Å². The third kappa shape index (κ3) is 3.50. The zero-order valence-electron chi connectivity index (χ0n) is 13.7. The number of hydrogen-bond donors (Lipinski definition) is 1. The van der Waals surface area contributed by atoms with Crippen molar-refractivity contribution in [1.29, 1.82) is 0 Å². The van der Waals surface area contributed by atoms with Crippen molar-refractivity contribution in [3.05, 3.63) is 47.4 Å². The lowest BCUT2D eigenvalue weighted by Gasteiger charge is -2.26. The molecule has 5 nitrogen and oxygen atoms in total. The first-order chi connectivity index (χ1) is 11.1. The Labute approximate surface area is 136 Å². The van der Waals surface area contributed by atoms with Gasteiger partial charge in [0.25, 0.3) is 5.91 Å². The summed E-state index contributed by atoms with van der Waals surface area (Å²) in [5, 5.41) is 3.32. The fourth-order valence-corrected chi connectivity index (χ4v) is 2.94. The Balaban J connectivity index is 1.81. The molecule has 5 heteroatoms. The molecular weight excluding hydrogens is 288 g/mol. The topological polar surface area (TPSA) is 58.1 Å². The van der Waals surface area contributed by atoms with Gasteiger partial charge in [0.05, 0.1) is 0 Å². The van der Waals surface area contributed by atoms with Crippen LogP contribution in [0.3, 0.4) is 0 Å². The fraction of sp³-hybridized carbons (Fsp3) is 0.389. The van der Waals surface area contributed by atoms with Gasteiger partial charge >= 0.3 is 0 Å². The molecule has 2 aromatic rings. The molecule has 0 atom stereocenters. The second kappa shape index (κ2) is 6.77. The van der Waals surface area contributed by atoms with Crippen LogP contribution in [0.1, 0.15) is 40.9 Å². The normalized spacial score (nSPS) is 14.6. The number of amides is 1. The lowest BCUT2D eigenvalue weighted by atomic mass is 10.1. The van der Waals surface area contributed by atoms with Crippen LogP contribution < -0.4 is 5.32 Å². The van der Waals surface area contributed by atoms with Gasteiger partial charge in [0.2, 0.25) is 0 Å². The number of rotatable bonds is 3. The molecule has 0 unspecified atom stereocenters. The molecule has 1 aromatic carbocycles. The van der Waals surface area contributed by atoms with Gasteiger partial charge in [0.1, 0.15) is 17.8 Å². The number of nitrogens with one attached hydrogen (secondary N) is 1. The molecule has 3 rings (SSSR count). The summed E-state index contributed by atoms with van der Waals surface area (Å²) in [4.78, 5) is 22.8. The van der Waals surface area contributed by atoms with Gasteiger partial charge in [0.15, 0.2) is 0 Å². The minimum atomic E-state index is -0.00310. The third-order valence-corrected chi connectivity index (χ3v) is 4.26. The van der Waals surface area contributed by atoms with Crippen molar-refractivity contribution in [2.24, 2.45) is 0 Å². The molecule has 0 saturated carbocycles. The number of carbonyl (C=O) groups is 1. The first kappa shape index (κ1) is 15.5. The molecule has 1 N–H and O–H groups in total. The quantitative estimate of drug-likeness (QED) is 0.943. The van der Waals surface area contributed by atoms with Crippen molar-refractivity contribution >= 4 is 17.4 Å². The molecule has 120 valence electrons. The van der Waals surface area contributed by atoms with E-state index in [2.05, 4.69) is 41.3 Å². The number of piperidine rings is 1. The molecule has 23 heavy (non-hydrogen) atoms. The molecular formula is C18H22N4O. The second-order valence-electron chi connectivity index (χ2n) is 6.03. The molecule has 1 saturated heterocycles.